The van der Waals surface area contributed by atoms with Crippen LogP contribution in [-0.4, -0.2) is 25.8 Å². The summed E-state index contributed by atoms with van der Waals surface area (Å²) in [5, 5.41) is 16.4. The molecule has 30 heavy (non-hydrogen) atoms. The summed E-state index contributed by atoms with van der Waals surface area (Å²) in [7, 11) is -9.79. The Kier molecular flexibility index (Phi) is 4.67. The van der Waals surface area contributed by atoms with Gasteiger partial charge in [-0.15, -0.1) is 0 Å². The minimum atomic E-state index is -9.79. The Morgan fingerprint density at radius 3 is 2.50 bits per heavy atom. The van der Waals surface area contributed by atoms with Gasteiger partial charge in [0, 0.05) is 24.3 Å². The third-order valence-corrected chi connectivity index (χ3v) is 5.36. The fourth-order valence-electron chi connectivity index (χ4n) is 2.70. The van der Waals surface area contributed by atoms with Crippen LogP contribution in [0.2, 0.25) is 0 Å². The molecule has 3 aromatic rings. The molecule has 3 rings (SSSR count). The van der Waals surface area contributed by atoms with Gasteiger partial charge < -0.3 is 10.4 Å². The largest absolute Gasteiger partial charge is 0.384 e. The van der Waals surface area contributed by atoms with Crippen LogP contribution in [0, 0.1) is 0 Å². The molecule has 1 aromatic carbocycles. The summed E-state index contributed by atoms with van der Waals surface area (Å²) in [6.07, 6.45) is 2.59. The summed E-state index contributed by atoms with van der Waals surface area (Å²) in [4.78, 5) is 14.2. The fourth-order valence-corrected chi connectivity index (χ4v) is 3.37. The van der Waals surface area contributed by atoms with Crippen LogP contribution >= 0.6 is 10.2 Å². The molecular formula is C18H19F5N4O2S. The van der Waals surface area contributed by atoms with Crippen LogP contribution in [0.1, 0.15) is 25.1 Å². The number of nitrogens with zero attached hydrogens (tertiary/aromatic N) is 3. The summed E-state index contributed by atoms with van der Waals surface area (Å²) >= 11 is 0. The van der Waals surface area contributed by atoms with Crippen molar-refractivity contribution in [3.05, 3.63) is 54.0 Å². The molecule has 12 heteroatoms. The molecule has 0 radical (unpaired) electrons. The number of carbonyl (C=O) groups excluding carboxylic acids is 1. The number of pyridine rings is 1. The van der Waals surface area contributed by atoms with E-state index in [4.69, 9.17) is 0 Å². The van der Waals surface area contributed by atoms with E-state index in [1.54, 1.807) is 26.0 Å². The first-order valence-corrected chi connectivity index (χ1v) is 10.6. The second-order valence-electron chi connectivity index (χ2n) is 7.40. The van der Waals surface area contributed by atoms with Crippen LogP contribution in [-0.2, 0) is 23.5 Å². The average Bonchev–Trinajstić information content (AvgIpc) is 2.99. The number of hydrogen-bond donors (Lipinski definition) is 2. The van der Waals surface area contributed by atoms with E-state index in [0.717, 1.165) is 16.9 Å². The first kappa shape index (κ1) is 22.0. The highest BCUT2D eigenvalue weighted by Gasteiger charge is 2.65. The predicted molar refractivity (Wildman–Crippen MR) is 102 cm³/mol. The Morgan fingerprint density at radius 1 is 1.17 bits per heavy atom. The second-order valence-corrected chi connectivity index (χ2v) is 9.81. The van der Waals surface area contributed by atoms with Gasteiger partial charge in [-0.05, 0) is 49.7 Å². The van der Waals surface area contributed by atoms with E-state index < -0.39 is 26.6 Å². The quantitative estimate of drug-likeness (QED) is 0.537. The Morgan fingerprint density at radius 2 is 1.87 bits per heavy atom. The van der Waals surface area contributed by atoms with Crippen LogP contribution in [0.15, 0.2) is 47.6 Å². The van der Waals surface area contributed by atoms with Gasteiger partial charge in [0.15, 0.2) is 0 Å². The highest BCUT2D eigenvalue weighted by atomic mass is 32.5. The van der Waals surface area contributed by atoms with Crippen LogP contribution in [0.4, 0.5) is 19.4 Å². The summed E-state index contributed by atoms with van der Waals surface area (Å²) in [6.45, 7) is 2.95. The average molecular weight is 450 g/mol. The van der Waals surface area contributed by atoms with Crippen molar-refractivity contribution in [2.45, 2.75) is 37.4 Å². The molecule has 2 N–H and O–H groups in total. The molecule has 0 aliphatic rings. The molecule has 0 bridgehead atoms. The molecule has 0 saturated carbocycles. The van der Waals surface area contributed by atoms with Crippen molar-refractivity contribution in [2.24, 2.45) is 0 Å². The number of amides is 1. The number of carbonyl (C=O) groups is 1. The topological polar surface area (TPSA) is 80.0 Å². The normalized spacial score (nSPS) is 14.9. The maximum Gasteiger partial charge on any atom is 0.310 e. The van der Waals surface area contributed by atoms with Gasteiger partial charge in [-0.3, -0.25) is 14.5 Å². The smallest absolute Gasteiger partial charge is 0.310 e. The summed E-state index contributed by atoms with van der Waals surface area (Å²) in [5.41, 5.74) is 0.00907. The van der Waals surface area contributed by atoms with Gasteiger partial charge in [-0.25, -0.2) is 0 Å². The molecule has 0 atom stereocenters. The van der Waals surface area contributed by atoms with Gasteiger partial charge in [-0.2, -0.15) is 5.10 Å². The van der Waals surface area contributed by atoms with Gasteiger partial charge in [0.05, 0.1) is 11.2 Å². The first-order valence-electron chi connectivity index (χ1n) is 8.67. The Bertz CT molecular complexity index is 1120. The van der Waals surface area contributed by atoms with Gasteiger partial charge in [0.1, 0.15) is 17.0 Å². The highest BCUT2D eigenvalue weighted by Crippen LogP contribution is 3.02. The molecule has 0 aliphatic heterocycles. The van der Waals surface area contributed by atoms with Crippen molar-refractivity contribution < 1.29 is 29.3 Å². The van der Waals surface area contributed by atoms with E-state index in [0.29, 0.717) is 17.3 Å². The van der Waals surface area contributed by atoms with Gasteiger partial charge in [0.2, 0.25) is 5.91 Å². The van der Waals surface area contributed by atoms with E-state index >= 15 is 0 Å². The predicted octanol–water partition coefficient (Wildman–Crippen LogP) is 4.63. The van der Waals surface area contributed by atoms with E-state index in [9.17, 15) is 29.3 Å². The maximum atomic E-state index is 12.9. The molecule has 6 nitrogen and oxygen atoms in total. The van der Waals surface area contributed by atoms with E-state index in [1.165, 1.54) is 6.20 Å². The number of nitrogens with one attached hydrogen (secondary N) is 1. The zero-order valence-electron chi connectivity index (χ0n) is 16.0. The summed E-state index contributed by atoms with van der Waals surface area (Å²) < 4.78 is 65.8. The lowest BCUT2D eigenvalue weighted by Gasteiger charge is -2.40. The van der Waals surface area contributed by atoms with Crippen molar-refractivity contribution in [1.29, 1.82) is 0 Å². The summed E-state index contributed by atoms with van der Waals surface area (Å²) in [6, 6.07) is 4.73. The summed E-state index contributed by atoms with van der Waals surface area (Å²) in [5.74, 6) is -0.489. The lowest BCUT2D eigenvalue weighted by Crippen LogP contribution is -2.27. The maximum absolute atomic E-state index is 12.9. The monoisotopic (exact) mass is 450 g/mol. The minimum absolute atomic E-state index is 0.0531. The molecule has 0 fully saturated rings. The number of rotatable bonds is 6. The van der Waals surface area contributed by atoms with E-state index in [-0.39, 0.29) is 30.1 Å². The molecule has 0 aliphatic carbocycles. The molecule has 2 heterocycles. The Labute approximate surface area is 168 Å². The van der Waals surface area contributed by atoms with Crippen molar-refractivity contribution >= 4 is 27.0 Å². The number of halogens is 5. The lowest BCUT2D eigenvalue weighted by atomic mass is 10.0. The fraction of sp³-hybridized carbons (Fsp3) is 0.278. The third-order valence-electron chi connectivity index (χ3n) is 4.22. The van der Waals surface area contributed by atoms with Crippen molar-refractivity contribution in [3.8, 4) is 0 Å². The number of benzene rings is 1. The number of fused-ring (bicyclic) bond motifs is 1. The van der Waals surface area contributed by atoms with Gasteiger partial charge >= 0.3 is 10.2 Å². The van der Waals surface area contributed by atoms with Crippen LogP contribution in [0.3, 0.4) is 0 Å². The molecule has 1 amide bonds. The Hall–Kier alpha value is -2.73. The van der Waals surface area contributed by atoms with Crippen LogP contribution in [0.5, 0.6) is 0 Å². The van der Waals surface area contributed by atoms with Crippen molar-refractivity contribution in [1.82, 2.24) is 20.1 Å². The lowest BCUT2D eigenvalue weighted by molar-refractivity contribution is -0.122. The molecular weight excluding hydrogens is 431 g/mol. The zero-order valence-corrected chi connectivity index (χ0v) is 16.8. The molecule has 0 unspecified atom stereocenters. The molecule has 2 aromatic heterocycles. The number of aromatic nitrogens is 3. The van der Waals surface area contributed by atoms with Crippen LogP contribution < -0.4 is 5.32 Å². The molecule has 0 saturated heterocycles. The second kappa shape index (κ2) is 6.38. The highest BCUT2D eigenvalue weighted by molar-refractivity contribution is 8.45. The van der Waals surface area contributed by atoms with Gasteiger partial charge in [0.25, 0.3) is 0 Å². The van der Waals surface area contributed by atoms with Crippen molar-refractivity contribution in [3.63, 3.8) is 0 Å². The first-order chi connectivity index (χ1) is 13.5. The van der Waals surface area contributed by atoms with E-state index in [2.05, 4.69) is 15.4 Å². The molecule has 164 valence electrons. The van der Waals surface area contributed by atoms with Gasteiger partial charge in [-0.1, -0.05) is 19.4 Å². The van der Waals surface area contributed by atoms with Crippen LogP contribution in [0.25, 0.3) is 10.9 Å². The van der Waals surface area contributed by atoms with Crippen molar-refractivity contribution in [2.75, 3.05) is 0 Å². The SMILES string of the molecule is CC(C)(O)c1cc(CNC(=O)Cn2cc3cc(S(F)(F)(F)(F)F)ccc3n2)ccn1. The number of hydrogen-bond acceptors (Lipinski definition) is 4. The zero-order chi connectivity index (χ0) is 22.4. The minimum Gasteiger partial charge on any atom is -0.384 e. The van der Waals surface area contributed by atoms with E-state index in [1.807, 2.05) is 0 Å². The third kappa shape index (κ3) is 5.25. The number of aliphatic hydroxyl groups is 1. The Balaban J connectivity index is 1.70. The molecule has 0 spiro atoms. The standard InChI is InChI=1S/C18H19F5N4O2S/c1-18(2,29)16-7-12(5-6-24-16)9-25-17(28)11-27-10-13-8-14(3-4-15(13)26-27)30(19,20,21,22)23/h3-8,10,29H,9,11H2,1-2H3,(H,25,28).